The van der Waals surface area contributed by atoms with Crippen molar-refractivity contribution in [3.8, 4) is 22.9 Å². The van der Waals surface area contributed by atoms with E-state index in [1.54, 1.807) is 20.3 Å². The van der Waals surface area contributed by atoms with Crippen LogP contribution in [0.1, 0.15) is 24.3 Å². The maximum Gasteiger partial charge on any atom is 0.250 e. The van der Waals surface area contributed by atoms with Gasteiger partial charge in [0.05, 0.1) is 14.2 Å². The monoisotopic (exact) mass is 377 g/mol. The molecule has 0 saturated carbocycles. The van der Waals surface area contributed by atoms with Gasteiger partial charge in [0.25, 0.3) is 5.89 Å². The molecule has 2 aromatic heterocycles. The van der Waals surface area contributed by atoms with Gasteiger partial charge in [0.1, 0.15) is 5.52 Å². The number of nitrogens with zero attached hydrogens (tertiary/aromatic N) is 3. The van der Waals surface area contributed by atoms with Gasteiger partial charge in [-0.1, -0.05) is 18.1 Å². The summed E-state index contributed by atoms with van der Waals surface area (Å²) in [7, 11) is 3.21. The molecule has 7 heteroatoms. The van der Waals surface area contributed by atoms with Gasteiger partial charge in [0.2, 0.25) is 5.82 Å². The zero-order valence-corrected chi connectivity index (χ0v) is 15.8. The number of benzene rings is 2. The number of ether oxygens (including phenoxy) is 2. The number of aromatic nitrogens is 3. The summed E-state index contributed by atoms with van der Waals surface area (Å²) in [6, 6.07) is 11.3. The van der Waals surface area contributed by atoms with Gasteiger partial charge in [-0.25, -0.2) is 4.98 Å². The zero-order chi connectivity index (χ0) is 19.5. The van der Waals surface area contributed by atoms with Gasteiger partial charge in [0.15, 0.2) is 23.0 Å². The first-order valence-corrected chi connectivity index (χ1v) is 8.84. The van der Waals surface area contributed by atoms with Crippen molar-refractivity contribution in [2.24, 2.45) is 0 Å². The fraction of sp³-hybridized carbons (Fsp3) is 0.190. The predicted molar refractivity (Wildman–Crippen MR) is 105 cm³/mol. The Morgan fingerprint density at radius 3 is 2.61 bits per heavy atom. The summed E-state index contributed by atoms with van der Waals surface area (Å²) in [4.78, 5) is 8.87. The number of methoxy groups -OCH3 is 2. The van der Waals surface area contributed by atoms with E-state index in [-0.39, 0.29) is 0 Å². The maximum atomic E-state index is 5.63. The van der Waals surface area contributed by atoms with Gasteiger partial charge < -0.3 is 18.4 Å². The minimum Gasteiger partial charge on any atom is -0.493 e. The van der Waals surface area contributed by atoms with Gasteiger partial charge in [-0.05, 0) is 42.0 Å². The minimum absolute atomic E-state index is 0.402. The molecule has 4 rings (SSSR count). The molecule has 0 aliphatic carbocycles. The first-order chi connectivity index (χ1) is 13.7. The summed E-state index contributed by atoms with van der Waals surface area (Å²) >= 11 is 0. The van der Waals surface area contributed by atoms with Gasteiger partial charge in [-0.3, -0.25) is 0 Å². The summed E-state index contributed by atoms with van der Waals surface area (Å²) in [6.45, 7) is 2.00. The molecule has 4 aromatic rings. The molecule has 0 N–H and O–H groups in total. The van der Waals surface area contributed by atoms with Crippen LogP contribution in [0.25, 0.3) is 34.6 Å². The maximum absolute atomic E-state index is 5.63. The van der Waals surface area contributed by atoms with Crippen LogP contribution in [0.2, 0.25) is 0 Å². The van der Waals surface area contributed by atoms with Crippen LogP contribution < -0.4 is 9.47 Å². The number of fused-ring (bicyclic) bond motifs is 1. The second-order valence-corrected chi connectivity index (χ2v) is 6.05. The van der Waals surface area contributed by atoms with E-state index >= 15 is 0 Å². The van der Waals surface area contributed by atoms with Gasteiger partial charge in [0, 0.05) is 18.1 Å². The highest BCUT2D eigenvalue weighted by atomic mass is 16.5. The first kappa shape index (κ1) is 17.8. The van der Waals surface area contributed by atoms with E-state index in [4.69, 9.17) is 18.4 Å². The molecule has 142 valence electrons. The average Bonchev–Trinajstić information content (AvgIpc) is 3.37. The van der Waals surface area contributed by atoms with Crippen LogP contribution >= 0.6 is 0 Å². The lowest BCUT2D eigenvalue weighted by atomic mass is 10.2. The van der Waals surface area contributed by atoms with E-state index in [0.29, 0.717) is 29.1 Å². The number of hydrogen-bond donors (Lipinski definition) is 0. The molecule has 2 aromatic carbocycles. The quantitative estimate of drug-likeness (QED) is 0.484. The number of rotatable bonds is 6. The Hall–Kier alpha value is -3.61. The Kier molecular flexibility index (Phi) is 4.80. The molecule has 0 bridgehead atoms. The summed E-state index contributed by atoms with van der Waals surface area (Å²) in [5, 5.41) is 4.05. The molecule has 0 fully saturated rings. The summed E-state index contributed by atoms with van der Waals surface area (Å²) in [5.74, 6) is 2.94. The van der Waals surface area contributed by atoms with Crippen LogP contribution in [0.4, 0.5) is 0 Å². The molecule has 0 aliphatic heterocycles. The van der Waals surface area contributed by atoms with Crippen LogP contribution in [0.5, 0.6) is 11.5 Å². The van der Waals surface area contributed by atoms with Crippen LogP contribution in [0.15, 0.2) is 45.3 Å². The number of aryl methyl sites for hydroxylation is 1. The lowest BCUT2D eigenvalue weighted by Crippen LogP contribution is -1.90. The molecule has 2 heterocycles. The third-order valence-electron chi connectivity index (χ3n) is 4.26. The Bertz CT molecular complexity index is 1140. The molecule has 0 atom stereocenters. The van der Waals surface area contributed by atoms with Crippen molar-refractivity contribution in [2.75, 3.05) is 14.2 Å². The molecule has 0 radical (unpaired) electrons. The van der Waals surface area contributed by atoms with Gasteiger partial charge in [-0.15, -0.1) is 0 Å². The molecule has 28 heavy (non-hydrogen) atoms. The van der Waals surface area contributed by atoms with E-state index < -0.39 is 0 Å². The molecule has 0 spiro atoms. The van der Waals surface area contributed by atoms with Crippen molar-refractivity contribution in [3.63, 3.8) is 0 Å². The molecule has 7 nitrogen and oxygen atoms in total. The molecular weight excluding hydrogens is 358 g/mol. The third-order valence-corrected chi connectivity index (χ3v) is 4.26. The van der Waals surface area contributed by atoms with Crippen molar-refractivity contribution < 1.29 is 18.4 Å². The standard InChI is InChI=1S/C21H19N3O4/c1-4-19-22-15-12-14(7-9-16(15)27-19)21-23-20(28-24-21)10-6-13-5-8-17(25-2)18(11-13)26-3/h5-12H,4H2,1-3H3/b10-6+. The fourth-order valence-electron chi connectivity index (χ4n) is 2.81. The van der Waals surface area contributed by atoms with Crippen molar-refractivity contribution in [1.82, 2.24) is 15.1 Å². The summed E-state index contributed by atoms with van der Waals surface area (Å²) in [6.07, 6.45) is 4.37. The van der Waals surface area contributed by atoms with E-state index in [9.17, 15) is 0 Å². The molecule has 0 saturated heterocycles. The van der Waals surface area contributed by atoms with E-state index in [2.05, 4.69) is 15.1 Å². The van der Waals surface area contributed by atoms with Crippen LogP contribution in [0, 0.1) is 0 Å². The second-order valence-electron chi connectivity index (χ2n) is 6.05. The molecule has 0 aliphatic rings. The Balaban J connectivity index is 1.56. The Morgan fingerprint density at radius 2 is 1.82 bits per heavy atom. The minimum atomic E-state index is 0.402. The lowest BCUT2D eigenvalue weighted by molar-refractivity contribution is 0.355. The topological polar surface area (TPSA) is 83.4 Å². The molecule has 0 unspecified atom stereocenters. The van der Waals surface area contributed by atoms with E-state index in [1.165, 1.54) is 0 Å². The first-order valence-electron chi connectivity index (χ1n) is 8.84. The van der Waals surface area contributed by atoms with Crippen molar-refractivity contribution in [2.45, 2.75) is 13.3 Å². The van der Waals surface area contributed by atoms with Crippen molar-refractivity contribution in [1.29, 1.82) is 0 Å². The fourth-order valence-corrected chi connectivity index (χ4v) is 2.81. The smallest absolute Gasteiger partial charge is 0.250 e. The summed E-state index contributed by atoms with van der Waals surface area (Å²) < 4.78 is 21.5. The predicted octanol–water partition coefficient (Wildman–Crippen LogP) is 4.63. The zero-order valence-electron chi connectivity index (χ0n) is 15.8. The van der Waals surface area contributed by atoms with Gasteiger partial charge in [-0.2, -0.15) is 4.98 Å². The number of oxazole rings is 1. The van der Waals surface area contributed by atoms with Crippen molar-refractivity contribution >= 4 is 23.3 Å². The lowest BCUT2D eigenvalue weighted by Gasteiger charge is -2.07. The van der Waals surface area contributed by atoms with Crippen LogP contribution in [-0.2, 0) is 6.42 Å². The van der Waals surface area contributed by atoms with E-state index in [0.717, 1.165) is 28.6 Å². The average molecular weight is 377 g/mol. The van der Waals surface area contributed by atoms with Gasteiger partial charge >= 0.3 is 0 Å². The highest BCUT2D eigenvalue weighted by molar-refractivity contribution is 5.79. The summed E-state index contributed by atoms with van der Waals surface area (Å²) in [5.41, 5.74) is 3.27. The third kappa shape index (κ3) is 3.46. The highest BCUT2D eigenvalue weighted by Gasteiger charge is 2.11. The normalized spacial score (nSPS) is 11.4. The highest BCUT2D eigenvalue weighted by Crippen LogP contribution is 2.28. The Morgan fingerprint density at radius 1 is 0.964 bits per heavy atom. The number of hydrogen-bond acceptors (Lipinski definition) is 7. The largest absolute Gasteiger partial charge is 0.493 e. The molecule has 0 amide bonds. The molecular formula is C21H19N3O4. The van der Waals surface area contributed by atoms with E-state index in [1.807, 2.05) is 49.4 Å². The van der Waals surface area contributed by atoms with Crippen LogP contribution in [0.3, 0.4) is 0 Å². The SMILES string of the molecule is CCc1nc2cc(-c3noc(/C=C/c4ccc(OC)c(OC)c4)n3)ccc2o1. The van der Waals surface area contributed by atoms with Crippen molar-refractivity contribution in [3.05, 3.63) is 53.7 Å². The second kappa shape index (κ2) is 7.56. The Labute approximate surface area is 161 Å². The van der Waals surface area contributed by atoms with Crippen LogP contribution in [-0.4, -0.2) is 29.3 Å².